The Labute approximate surface area is 124 Å². The van der Waals surface area contributed by atoms with Crippen LogP contribution < -0.4 is 0 Å². The zero-order valence-electron chi connectivity index (χ0n) is 10.7. The van der Waals surface area contributed by atoms with Crippen LogP contribution in [0, 0.1) is 5.92 Å². The van der Waals surface area contributed by atoms with Crippen molar-refractivity contribution < 1.29 is 9.90 Å². The summed E-state index contributed by atoms with van der Waals surface area (Å²) in [6, 6.07) is 7.71. The van der Waals surface area contributed by atoms with Gasteiger partial charge in [-0.3, -0.25) is 0 Å². The molecule has 0 aliphatic carbocycles. The number of aromatic carboxylic acids is 1. The molecule has 2 rings (SSSR count). The molecule has 0 bridgehead atoms. The molecule has 1 heterocycles. The van der Waals surface area contributed by atoms with Crippen LogP contribution in [-0.2, 0) is 6.42 Å². The van der Waals surface area contributed by atoms with Gasteiger partial charge in [0.2, 0.25) is 0 Å². The number of aromatic nitrogens is 1. The van der Waals surface area contributed by atoms with Crippen LogP contribution in [0.4, 0.5) is 0 Å². The number of hydrogen-bond donors (Lipinski definition) is 1. The van der Waals surface area contributed by atoms with Crippen molar-refractivity contribution in [3.8, 4) is 10.6 Å². The maximum absolute atomic E-state index is 11.3. The van der Waals surface area contributed by atoms with Crippen molar-refractivity contribution in [1.29, 1.82) is 0 Å². The molecule has 3 nitrogen and oxygen atoms in total. The van der Waals surface area contributed by atoms with Crippen molar-refractivity contribution in [2.45, 2.75) is 20.3 Å². The fraction of sp³-hybridized carbons (Fsp3) is 0.286. The fourth-order valence-corrected chi connectivity index (χ4v) is 3.37. The zero-order valence-corrected chi connectivity index (χ0v) is 13.1. The third-order valence-electron chi connectivity index (χ3n) is 2.60. The summed E-state index contributed by atoms with van der Waals surface area (Å²) in [6.45, 7) is 4.12. The van der Waals surface area contributed by atoms with Gasteiger partial charge < -0.3 is 5.11 Å². The molecule has 0 aliphatic rings. The van der Waals surface area contributed by atoms with Gasteiger partial charge in [0.15, 0.2) is 0 Å². The minimum absolute atomic E-state index is 0.347. The van der Waals surface area contributed by atoms with Gasteiger partial charge >= 0.3 is 5.97 Å². The van der Waals surface area contributed by atoms with E-state index >= 15 is 0 Å². The predicted molar refractivity (Wildman–Crippen MR) is 80.8 cm³/mol. The maximum atomic E-state index is 11.3. The van der Waals surface area contributed by atoms with Crippen LogP contribution in [0.25, 0.3) is 10.6 Å². The van der Waals surface area contributed by atoms with Gasteiger partial charge in [0.05, 0.1) is 5.69 Å². The summed E-state index contributed by atoms with van der Waals surface area (Å²) < 4.78 is 0.928. The molecule has 2 aromatic rings. The molecule has 1 aromatic heterocycles. The number of hydrogen-bond acceptors (Lipinski definition) is 3. The Morgan fingerprint density at radius 3 is 2.68 bits per heavy atom. The number of thiazole rings is 1. The first-order valence-corrected chi connectivity index (χ1v) is 7.58. The van der Waals surface area contributed by atoms with E-state index in [9.17, 15) is 9.90 Å². The van der Waals surface area contributed by atoms with E-state index in [1.165, 1.54) is 11.3 Å². The highest BCUT2D eigenvalue weighted by Crippen LogP contribution is 2.33. The van der Waals surface area contributed by atoms with Crippen molar-refractivity contribution in [1.82, 2.24) is 4.98 Å². The van der Waals surface area contributed by atoms with E-state index in [-0.39, 0.29) is 0 Å². The highest BCUT2D eigenvalue weighted by molar-refractivity contribution is 9.10. The average Bonchev–Trinajstić information content (AvgIpc) is 2.72. The minimum Gasteiger partial charge on any atom is -0.477 e. The summed E-state index contributed by atoms with van der Waals surface area (Å²) in [7, 11) is 0. The monoisotopic (exact) mass is 339 g/mol. The van der Waals surface area contributed by atoms with E-state index in [4.69, 9.17) is 0 Å². The molecular weight excluding hydrogens is 326 g/mol. The Morgan fingerprint density at radius 2 is 2.11 bits per heavy atom. The largest absolute Gasteiger partial charge is 0.477 e. The topological polar surface area (TPSA) is 50.2 Å². The maximum Gasteiger partial charge on any atom is 0.347 e. The first-order valence-electron chi connectivity index (χ1n) is 5.97. The lowest BCUT2D eigenvalue weighted by Gasteiger charge is -2.01. The second-order valence-electron chi connectivity index (χ2n) is 4.68. The Hall–Kier alpha value is -1.20. The highest BCUT2D eigenvalue weighted by Gasteiger charge is 2.19. The molecule has 0 saturated carbocycles. The summed E-state index contributed by atoms with van der Waals surface area (Å²) in [5.41, 5.74) is 1.61. The van der Waals surface area contributed by atoms with Crippen molar-refractivity contribution in [2.75, 3.05) is 0 Å². The summed E-state index contributed by atoms with van der Waals surface area (Å²) in [4.78, 5) is 16.1. The van der Waals surface area contributed by atoms with E-state index in [0.717, 1.165) is 15.0 Å². The molecule has 1 N–H and O–H groups in total. The van der Waals surface area contributed by atoms with Gasteiger partial charge in [-0.1, -0.05) is 48.0 Å². The third kappa shape index (κ3) is 3.22. The molecule has 5 heteroatoms. The number of carbonyl (C=O) groups is 1. The number of benzene rings is 1. The van der Waals surface area contributed by atoms with E-state index in [1.807, 2.05) is 24.3 Å². The summed E-state index contributed by atoms with van der Waals surface area (Å²) in [6.07, 6.45) is 0.683. The summed E-state index contributed by atoms with van der Waals surface area (Å²) >= 11 is 4.71. The van der Waals surface area contributed by atoms with Gasteiger partial charge in [-0.25, -0.2) is 9.78 Å². The van der Waals surface area contributed by atoms with Crippen molar-refractivity contribution in [3.63, 3.8) is 0 Å². The minimum atomic E-state index is -0.897. The first-order chi connectivity index (χ1) is 8.99. The summed E-state index contributed by atoms with van der Waals surface area (Å²) in [5, 5.41) is 10.0. The Bertz CT molecular complexity index is 607. The number of nitrogens with zero attached hydrogens (tertiary/aromatic N) is 1. The Morgan fingerprint density at radius 1 is 1.42 bits per heavy atom. The zero-order chi connectivity index (χ0) is 14.0. The molecule has 0 fully saturated rings. The normalized spacial score (nSPS) is 10.9. The Balaban J connectivity index is 2.49. The molecular formula is C14H14BrNO2S. The highest BCUT2D eigenvalue weighted by atomic mass is 79.9. The van der Waals surface area contributed by atoms with Crippen LogP contribution in [0.15, 0.2) is 28.7 Å². The van der Waals surface area contributed by atoms with Crippen LogP contribution in [-0.4, -0.2) is 16.1 Å². The quantitative estimate of drug-likeness (QED) is 0.893. The van der Waals surface area contributed by atoms with Gasteiger partial charge in [0.1, 0.15) is 9.88 Å². The third-order valence-corrected chi connectivity index (χ3v) is 4.41. The second kappa shape index (κ2) is 5.84. The van der Waals surface area contributed by atoms with Crippen LogP contribution in [0.3, 0.4) is 0 Å². The lowest BCUT2D eigenvalue weighted by atomic mass is 10.1. The number of carboxylic acids is 1. The van der Waals surface area contributed by atoms with E-state index < -0.39 is 5.97 Å². The molecule has 0 spiro atoms. The molecule has 100 valence electrons. The summed E-state index contributed by atoms with van der Waals surface area (Å²) in [5.74, 6) is -0.515. The van der Waals surface area contributed by atoms with Gasteiger partial charge in [0.25, 0.3) is 0 Å². The number of carboxylic acid groups (broad SMARTS) is 1. The Kier molecular flexibility index (Phi) is 4.37. The molecule has 19 heavy (non-hydrogen) atoms. The molecule has 0 aliphatic heterocycles. The molecule has 0 saturated heterocycles. The van der Waals surface area contributed by atoms with Crippen molar-refractivity contribution >= 4 is 33.2 Å². The lowest BCUT2D eigenvalue weighted by Crippen LogP contribution is -2.02. The van der Waals surface area contributed by atoms with Crippen molar-refractivity contribution in [2.24, 2.45) is 5.92 Å². The van der Waals surface area contributed by atoms with Crippen LogP contribution in [0.2, 0.25) is 0 Å². The van der Waals surface area contributed by atoms with Crippen LogP contribution >= 0.6 is 27.3 Å². The molecule has 0 atom stereocenters. The number of halogens is 1. The van der Waals surface area contributed by atoms with E-state index in [1.54, 1.807) is 0 Å². The SMILES string of the molecule is CC(C)Cc1nc(-c2ccccc2Br)sc1C(=O)O. The van der Waals surface area contributed by atoms with Gasteiger partial charge in [0, 0.05) is 10.0 Å². The smallest absolute Gasteiger partial charge is 0.347 e. The van der Waals surface area contributed by atoms with Crippen molar-refractivity contribution in [3.05, 3.63) is 39.3 Å². The first kappa shape index (κ1) is 14.2. The van der Waals surface area contributed by atoms with Gasteiger partial charge in [-0.05, 0) is 18.4 Å². The van der Waals surface area contributed by atoms with Crippen LogP contribution in [0.5, 0.6) is 0 Å². The van der Waals surface area contributed by atoms with Gasteiger partial charge in [-0.2, -0.15) is 0 Å². The number of rotatable bonds is 4. The second-order valence-corrected chi connectivity index (χ2v) is 6.53. The van der Waals surface area contributed by atoms with E-state index in [0.29, 0.717) is 22.9 Å². The predicted octanol–water partition coefficient (Wildman–Crippen LogP) is 4.47. The van der Waals surface area contributed by atoms with Gasteiger partial charge in [-0.15, -0.1) is 11.3 Å². The average molecular weight is 340 g/mol. The molecule has 0 amide bonds. The fourth-order valence-electron chi connectivity index (χ4n) is 1.79. The lowest BCUT2D eigenvalue weighted by molar-refractivity contribution is 0.0700. The van der Waals surface area contributed by atoms with Crippen LogP contribution in [0.1, 0.15) is 29.2 Å². The van der Waals surface area contributed by atoms with E-state index in [2.05, 4.69) is 34.8 Å². The molecule has 0 radical (unpaired) electrons. The molecule has 1 aromatic carbocycles. The standard InChI is InChI=1S/C14H14BrNO2S/c1-8(2)7-11-12(14(17)18)19-13(16-11)9-5-3-4-6-10(9)15/h3-6,8H,7H2,1-2H3,(H,17,18). The molecule has 0 unspecified atom stereocenters.